The minimum absolute atomic E-state index is 0.0981. The van der Waals surface area contributed by atoms with Gasteiger partial charge in [0.15, 0.2) is 0 Å². The summed E-state index contributed by atoms with van der Waals surface area (Å²) in [7, 11) is -3.70. The molecule has 2 N–H and O–H groups in total. The molecule has 0 amide bonds. The Morgan fingerprint density at radius 2 is 1.95 bits per heavy atom. The molecule has 0 saturated carbocycles. The van der Waals surface area contributed by atoms with E-state index in [1.807, 2.05) is 0 Å². The molecule has 118 valence electrons. The van der Waals surface area contributed by atoms with E-state index in [9.17, 15) is 12.8 Å². The molecule has 1 fully saturated rings. The first-order valence-corrected chi connectivity index (χ1v) is 8.62. The van der Waals surface area contributed by atoms with Gasteiger partial charge in [0.1, 0.15) is 5.82 Å². The van der Waals surface area contributed by atoms with Crippen LogP contribution in [0, 0.1) is 11.7 Å². The van der Waals surface area contributed by atoms with Crippen LogP contribution in [0.3, 0.4) is 0 Å². The van der Waals surface area contributed by atoms with Crippen LogP contribution in [0.15, 0.2) is 24.3 Å². The summed E-state index contributed by atoms with van der Waals surface area (Å²) in [5.41, 5.74) is 5.72. The number of para-hydroxylation sites is 1. The SMILES string of the molecule is CCN(c1ccccc1F)S(=O)(=O)N1CCC(CN)CC1. The van der Waals surface area contributed by atoms with Crippen molar-refractivity contribution in [2.45, 2.75) is 19.8 Å². The molecular weight excluding hydrogens is 293 g/mol. The summed E-state index contributed by atoms with van der Waals surface area (Å²) >= 11 is 0. The van der Waals surface area contributed by atoms with Gasteiger partial charge in [-0.2, -0.15) is 12.7 Å². The fraction of sp³-hybridized carbons (Fsp3) is 0.571. The second-order valence-corrected chi connectivity index (χ2v) is 7.05. The van der Waals surface area contributed by atoms with Gasteiger partial charge >= 0.3 is 10.2 Å². The molecule has 1 aliphatic heterocycles. The van der Waals surface area contributed by atoms with Gasteiger partial charge in [0.2, 0.25) is 0 Å². The van der Waals surface area contributed by atoms with Gasteiger partial charge in [0.05, 0.1) is 5.69 Å². The number of rotatable bonds is 5. The first kappa shape index (κ1) is 16.2. The summed E-state index contributed by atoms with van der Waals surface area (Å²) in [4.78, 5) is 0. The summed E-state index contributed by atoms with van der Waals surface area (Å²) in [6.45, 7) is 3.36. The molecule has 1 aromatic rings. The molecule has 1 heterocycles. The summed E-state index contributed by atoms with van der Waals surface area (Å²) in [5, 5.41) is 0. The Morgan fingerprint density at radius 1 is 1.33 bits per heavy atom. The second-order valence-electron chi connectivity index (χ2n) is 5.20. The molecule has 0 unspecified atom stereocenters. The molecule has 7 heteroatoms. The van der Waals surface area contributed by atoms with Gasteiger partial charge in [-0.25, -0.2) is 4.39 Å². The minimum Gasteiger partial charge on any atom is -0.330 e. The van der Waals surface area contributed by atoms with Crippen molar-refractivity contribution in [3.63, 3.8) is 0 Å². The van der Waals surface area contributed by atoms with Crippen LogP contribution in [0.25, 0.3) is 0 Å². The third-order valence-electron chi connectivity index (χ3n) is 3.92. The highest BCUT2D eigenvalue weighted by Gasteiger charge is 2.33. The maximum absolute atomic E-state index is 13.9. The lowest BCUT2D eigenvalue weighted by Gasteiger charge is -2.35. The fourth-order valence-electron chi connectivity index (χ4n) is 2.63. The Hall–Kier alpha value is -1.18. The smallest absolute Gasteiger partial charge is 0.304 e. The van der Waals surface area contributed by atoms with Crippen molar-refractivity contribution in [2.75, 3.05) is 30.5 Å². The van der Waals surface area contributed by atoms with Crippen molar-refractivity contribution in [3.8, 4) is 0 Å². The lowest BCUT2D eigenvalue weighted by atomic mass is 9.99. The maximum atomic E-state index is 13.9. The number of nitrogens with two attached hydrogens (primary N) is 1. The maximum Gasteiger partial charge on any atom is 0.304 e. The normalized spacial score (nSPS) is 17.9. The standard InChI is InChI=1S/C14H22FN3O2S/c1-2-18(14-6-4-3-5-13(14)15)21(19,20)17-9-7-12(11-16)8-10-17/h3-6,12H,2,7-11,16H2,1H3. The zero-order valence-electron chi connectivity index (χ0n) is 12.2. The summed E-state index contributed by atoms with van der Waals surface area (Å²) in [5.74, 6) is -0.153. The van der Waals surface area contributed by atoms with Crippen LogP contribution in [0.4, 0.5) is 10.1 Å². The molecular formula is C14H22FN3O2S. The minimum atomic E-state index is -3.70. The molecule has 21 heavy (non-hydrogen) atoms. The van der Waals surface area contributed by atoms with Crippen LogP contribution >= 0.6 is 0 Å². The Balaban J connectivity index is 2.23. The molecule has 0 radical (unpaired) electrons. The second kappa shape index (κ2) is 6.72. The lowest BCUT2D eigenvalue weighted by molar-refractivity contribution is 0.278. The van der Waals surface area contributed by atoms with E-state index in [0.29, 0.717) is 25.6 Å². The lowest BCUT2D eigenvalue weighted by Crippen LogP contribution is -2.48. The Kier molecular flexibility index (Phi) is 5.18. The van der Waals surface area contributed by atoms with E-state index in [-0.39, 0.29) is 12.2 Å². The van der Waals surface area contributed by atoms with E-state index in [0.717, 1.165) is 17.1 Å². The van der Waals surface area contributed by atoms with Gasteiger partial charge in [0, 0.05) is 19.6 Å². The number of hydrogen-bond acceptors (Lipinski definition) is 3. The average Bonchev–Trinajstić information content (AvgIpc) is 2.50. The van der Waals surface area contributed by atoms with Crippen LogP contribution in [0.1, 0.15) is 19.8 Å². The molecule has 0 atom stereocenters. The quantitative estimate of drug-likeness (QED) is 0.897. The molecule has 1 saturated heterocycles. The molecule has 0 spiro atoms. The Bertz CT molecular complexity index is 571. The van der Waals surface area contributed by atoms with Crippen molar-refractivity contribution in [3.05, 3.63) is 30.1 Å². The molecule has 0 aromatic heterocycles. The van der Waals surface area contributed by atoms with Gasteiger partial charge in [-0.05, 0) is 44.4 Å². The third-order valence-corrected chi connectivity index (χ3v) is 5.95. The van der Waals surface area contributed by atoms with E-state index < -0.39 is 16.0 Å². The monoisotopic (exact) mass is 315 g/mol. The largest absolute Gasteiger partial charge is 0.330 e. The van der Waals surface area contributed by atoms with Gasteiger partial charge in [-0.15, -0.1) is 0 Å². The topological polar surface area (TPSA) is 66.6 Å². The molecule has 2 rings (SSSR count). The highest BCUT2D eigenvalue weighted by atomic mass is 32.2. The number of benzene rings is 1. The molecule has 0 bridgehead atoms. The highest BCUT2D eigenvalue weighted by molar-refractivity contribution is 7.90. The van der Waals surface area contributed by atoms with Crippen molar-refractivity contribution >= 4 is 15.9 Å². The number of hydrogen-bond donors (Lipinski definition) is 1. The van der Waals surface area contributed by atoms with E-state index in [2.05, 4.69) is 0 Å². The van der Waals surface area contributed by atoms with Gasteiger partial charge in [-0.1, -0.05) is 12.1 Å². The van der Waals surface area contributed by atoms with Crippen LogP contribution < -0.4 is 10.0 Å². The zero-order chi connectivity index (χ0) is 15.5. The van der Waals surface area contributed by atoms with E-state index in [4.69, 9.17) is 5.73 Å². The molecule has 5 nitrogen and oxygen atoms in total. The number of piperidine rings is 1. The summed E-state index contributed by atoms with van der Waals surface area (Å²) < 4.78 is 41.9. The van der Waals surface area contributed by atoms with Crippen LogP contribution in [-0.4, -0.2) is 38.9 Å². The Labute approximate surface area is 125 Å². The number of halogens is 1. The summed E-state index contributed by atoms with van der Waals surface area (Å²) in [6, 6.07) is 5.94. The Morgan fingerprint density at radius 3 is 2.48 bits per heavy atom. The average molecular weight is 315 g/mol. The summed E-state index contributed by atoms with van der Waals surface area (Å²) in [6.07, 6.45) is 1.51. The predicted molar refractivity (Wildman–Crippen MR) is 81.7 cm³/mol. The first-order chi connectivity index (χ1) is 10.0. The van der Waals surface area contributed by atoms with E-state index in [1.54, 1.807) is 19.1 Å². The number of nitrogens with zero attached hydrogens (tertiary/aromatic N) is 2. The predicted octanol–water partition coefficient (Wildman–Crippen LogP) is 1.57. The van der Waals surface area contributed by atoms with E-state index in [1.165, 1.54) is 16.4 Å². The first-order valence-electron chi connectivity index (χ1n) is 7.23. The van der Waals surface area contributed by atoms with Crippen LogP contribution in [0.5, 0.6) is 0 Å². The highest BCUT2D eigenvalue weighted by Crippen LogP contribution is 2.26. The van der Waals surface area contributed by atoms with Gasteiger partial charge in [-0.3, -0.25) is 4.31 Å². The van der Waals surface area contributed by atoms with Crippen molar-refractivity contribution in [1.82, 2.24) is 4.31 Å². The fourth-order valence-corrected chi connectivity index (χ4v) is 4.30. The van der Waals surface area contributed by atoms with E-state index >= 15 is 0 Å². The molecule has 1 aliphatic rings. The third kappa shape index (κ3) is 3.36. The zero-order valence-corrected chi connectivity index (χ0v) is 13.0. The van der Waals surface area contributed by atoms with Gasteiger partial charge < -0.3 is 5.73 Å². The van der Waals surface area contributed by atoms with Crippen molar-refractivity contribution in [1.29, 1.82) is 0 Å². The van der Waals surface area contributed by atoms with Crippen LogP contribution in [-0.2, 0) is 10.2 Å². The van der Waals surface area contributed by atoms with Crippen molar-refractivity contribution < 1.29 is 12.8 Å². The van der Waals surface area contributed by atoms with Crippen molar-refractivity contribution in [2.24, 2.45) is 11.7 Å². The molecule has 1 aromatic carbocycles. The molecule has 0 aliphatic carbocycles. The van der Waals surface area contributed by atoms with Gasteiger partial charge in [0.25, 0.3) is 0 Å². The number of anilines is 1. The van der Waals surface area contributed by atoms with Crippen LogP contribution in [0.2, 0.25) is 0 Å².